The van der Waals surface area contributed by atoms with Crippen molar-refractivity contribution in [2.75, 3.05) is 51.3 Å². The lowest BCUT2D eigenvalue weighted by Crippen LogP contribution is -2.48. The van der Waals surface area contributed by atoms with Crippen LogP contribution in [0.25, 0.3) is 0 Å². The zero-order valence-electron chi connectivity index (χ0n) is 20.3. The van der Waals surface area contributed by atoms with Gasteiger partial charge in [0.25, 0.3) is 0 Å². The molecule has 1 aromatic carbocycles. The molecule has 172 valence electrons. The van der Waals surface area contributed by atoms with Crippen molar-refractivity contribution in [1.82, 2.24) is 20.0 Å². The van der Waals surface area contributed by atoms with Crippen molar-refractivity contribution in [1.29, 1.82) is 0 Å². The Kier molecular flexibility index (Phi) is 8.00. The number of anilines is 1. The summed E-state index contributed by atoms with van der Waals surface area (Å²) in [7, 11) is 1.71. The summed E-state index contributed by atoms with van der Waals surface area (Å²) in [6, 6.07) is 10.7. The highest BCUT2D eigenvalue weighted by atomic mass is 16.5. The van der Waals surface area contributed by atoms with Crippen molar-refractivity contribution in [3.8, 4) is 5.75 Å². The van der Waals surface area contributed by atoms with Gasteiger partial charge in [-0.3, -0.25) is 9.58 Å². The molecule has 2 heterocycles. The van der Waals surface area contributed by atoms with Gasteiger partial charge in [0.1, 0.15) is 5.75 Å². The van der Waals surface area contributed by atoms with Gasteiger partial charge in [-0.1, -0.05) is 13.8 Å². The molecule has 0 saturated carbocycles. The standard InChI is InChI=1S/C25H41N5O/c1-20(2)17-23-18-21(27-30(23)25(3,4)5)19-26-11-12-28-13-15-29(16-14-28)22-7-9-24(31-6)10-8-22/h7-10,18,20,26H,11-17,19H2,1-6H3. The summed E-state index contributed by atoms with van der Waals surface area (Å²) < 4.78 is 7.47. The maximum Gasteiger partial charge on any atom is 0.119 e. The van der Waals surface area contributed by atoms with E-state index in [1.165, 1.54) is 11.4 Å². The summed E-state index contributed by atoms with van der Waals surface area (Å²) in [5, 5.41) is 8.50. The van der Waals surface area contributed by atoms with Crippen molar-refractivity contribution < 1.29 is 4.74 Å². The minimum Gasteiger partial charge on any atom is -0.497 e. The van der Waals surface area contributed by atoms with Gasteiger partial charge in [-0.25, -0.2) is 0 Å². The fourth-order valence-electron chi connectivity index (χ4n) is 4.18. The molecule has 1 saturated heterocycles. The molecule has 0 atom stereocenters. The molecule has 0 aliphatic carbocycles. The van der Waals surface area contributed by atoms with Gasteiger partial charge >= 0.3 is 0 Å². The minimum atomic E-state index is 0.0199. The van der Waals surface area contributed by atoms with Gasteiger partial charge in [0.15, 0.2) is 0 Å². The lowest BCUT2D eigenvalue weighted by atomic mass is 10.0. The van der Waals surface area contributed by atoms with Crippen LogP contribution < -0.4 is 15.0 Å². The molecule has 31 heavy (non-hydrogen) atoms. The zero-order valence-corrected chi connectivity index (χ0v) is 20.3. The average Bonchev–Trinajstić information content (AvgIpc) is 3.14. The van der Waals surface area contributed by atoms with E-state index in [1.807, 2.05) is 12.1 Å². The monoisotopic (exact) mass is 427 g/mol. The second-order valence-electron chi connectivity index (χ2n) is 10.0. The summed E-state index contributed by atoms with van der Waals surface area (Å²) >= 11 is 0. The number of nitrogens with zero attached hydrogens (tertiary/aromatic N) is 4. The number of rotatable bonds is 9. The molecule has 1 fully saturated rings. The Labute approximate surface area is 188 Å². The molecule has 3 rings (SSSR count). The van der Waals surface area contributed by atoms with Gasteiger partial charge in [-0.2, -0.15) is 5.10 Å². The molecule has 0 unspecified atom stereocenters. The molecule has 1 N–H and O–H groups in total. The smallest absolute Gasteiger partial charge is 0.119 e. The van der Waals surface area contributed by atoms with Crippen molar-refractivity contribution in [3.05, 3.63) is 41.7 Å². The Morgan fingerprint density at radius 1 is 1.06 bits per heavy atom. The number of benzene rings is 1. The third-order valence-electron chi connectivity index (χ3n) is 5.81. The topological polar surface area (TPSA) is 45.6 Å². The molecule has 0 radical (unpaired) electrons. The molecule has 6 heteroatoms. The number of ether oxygens (including phenoxy) is 1. The van der Waals surface area contributed by atoms with Crippen LogP contribution in [0.15, 0.2) is 30.3 Å². The largest absolute Gasteiger partial charge is 0.497 e. The van der Waals surface area contributed by atoms with Gasteiger partial charge < -0.3 is 15.0 Å². The van der Waals surface area contributed by atoms with Crippen LogP contribution in [-0.2, 0) is 18.5 Å². The van der Waals surface area contributed by atoms with Gasteiger partial charge in [-0.15, -0.1) is 0 Å². The number of hydrogen-bond acceptors (Lipinski definition) is 5. The van der Waals surface area contributed by atoms with Gasteiger partial charge in [0, 0.05) is 57.2 Å². The zero-order chi connectivity index (χ0) is 22.4. The second kappa shape index (κ2) is 10.5. The van der Waals surface area contributed by atoms with Crippen molar-refractivity contribution in [2.45, 2.75) is 53.1 Å². The number of nitrogens with one attached hydrogen (secondary N) is 1. The van der Waals surface area contributed by atoms with Crippen LogP contribution in [0.1, 0.15) is 46.0 Å². The number of aromatic nitrogens is 2. The highest BCUT2D eigenvalue weighted by Crippen LogP contribution is 2.21. The van der Waals surface area contributed by atoms with Crippen LogP contribution >= 0.6 is 0 Å². The van der Waals surface area contributed by atoms with E-state index < -0.39 is 0 Å². The lowest BCUT2D eigenvalue weighted by Gasteiger charge is -2.36. The number of piperazine rings is 1. The molecule has 6 nitrogen and oxygen atoms in total. The first kappa shape index (κ1) is 23.6. The predicted molar refractivity (Wildman–Crippen MR) is 129 cm³/mol. The SMILES string of the molecule is COc1ccc(N2CCN(CCNCc3cc(CC(C)C)n(C(C)(C)C)n3)CC2)cc1. The molecule has 1 aromatic heterocycles. The van der Waals surface area contributed by atoms with Crippen LogP contribution in [0.4, 0.5) is 5.69 Å². The summed E-state index contributed by atoms with van der Waals surface area (Å²) in [5.74, 6) is 1.55. The van der Waals surface area contributed by atoms with E-state index in [2.05, 4.69) is 72.6 Å². The molecule has 0 spiro atoms. The molecule has 1 aliphatic heterocycles. The number of methoxy groups -OCH3 is 1. The Bertz CT molecular complexity index is 798. The Balaban J connectivity index is 1.42. The molecule has 2 aromatic rings. The van der Waals surface area contributed by atoms with E-state index in [1.54, 1.807) is 7.11 Å². The highest BCUT2D eigenvalue weighted by molar-refractivity contribution is 5.49. The molecular formula is C25H41N5O. The highest BCUT2D eigenvalue weighted by Gasteiger charge is 2.20. The maximum absolute atomic E-state index is 5.26. The summed E-state index contributed by atoms with van der Waals surface area (Å²) in [4.78, 5) is 5.00. The normalized spacial score (nSPS) is 15.6. The first-order valence-electron chi connectivity index (χ1n) is 11.7. The van der Waals surface area contributed by atoms with Gasteiger partial charge in [-0.05, 0) is 63.4 Å². The van der Waals surface area contributed by atoms with Crippen LogP contribution in [0.3, 0.4) is 0 Å². The first-order valence-corrected chi connectivity index (χ1v) is 11.7. The van der Waals surface area contributed by atoms with Crippen LogP contribution in [-0.4, -0.2) is 61.1 Å². The van der Waals surface area contributed by atoms with E-state index in [9.17, 15) is 0 Å². The van der Waals surface area contributed by atoms with E-state index in [0.29, 0.717) is 5.92 Å². The Morgan fingerprint density at radius 3 is 2.32 bits per heavy atom. The maximum atomic E-state index is 5.26. The third-order valence-corrected chi connectivity index (χ3v) is 5.81. The summed E-state index contributed by atoms with van der Waals surface area (Å²) in [6.45, 7) is 18.5. The first-order chi connectivity index (χ1) is 14.8. The van der Waals surface area contributed by atoms with Gasteiger partial charge in [0.2, 0.25) is 0 Å². The van der Waals surface area contributed by atoms with Crippen molar-refractivity contribution in [3.63, 3.8) is 0 Å². The minimum absolute atomic E-state index is 0.0199. The van der Waals surface area contributed by atoms with E-state index in [-0.39, 0.29) is 5.54 Å². The second-order valence-corrected chi connectivity index (χ2v) is 10.0. The molecule has 0 amide bonds. The van der Waals surface area contributed by atoms with Crippen molar-refractivity contribution >= 4 is 5.69 Å². The lowest BCUT2D eigenvalue weighted by molar-refractivity contribution is 0.257. The summed E-state index contributed by atoms with van der Waals surface area (Å²) in [5.41, 5.74) is 3.79. The Hall–Kier alpha value is -2.05. The fraction of sp³-hybridized carbons (Fsp3) is 0.640. The quantitative estimate of drug-likeness (QED) is 0.618. The molecular weight excluding hydrogens is 386 g/mol. The molecule has 1 aliphatic rings. The van der Waals surface area contributed by atoms with Crippen molar-refractivity contribution in [2.24, 2.45) is 5.92 Å². The van der Waals surface area contributed by atoms with Crippen LogP contribution in [0.2, 0.25) is 0 Å². The number of hydrogen-bond donors (Lipinski definition) is 1. The summed E-state index contributed by atoms with van der Waals surface area (Å²) in [6.07, 6.45) is 1.07. The average molecular weight is 428 g/mol. The Morgan fingerprint density at radius 2 is 1.74 bits per heavy atom. The van der Waals surface area contributed by atoms with Gasteiger partial charge in [0.05, 0.1) is 18.3 Å². The third kappa shape index (κ3) is 6.71. The van der Waals surface area contributed by atoms with E-state index in [4.69, 9.17) is 9.84 Å². The van der Waals surface area contributed by atoms with E-state index >= 15 is 0 Å². The predicted octanol–water partition coefficient (Wildman–Crippen LogP) is 3.76. The van der Waals surface area contributed by atoms with Crippen LogP contribution in [0, 0.1) is 5.92 Å². The fourth-order valence-corrected chi connectivity index (χ4v) is 4.18. The molecule has 0 bridgehead atoms. The van der Waals surface area contributed by atoms with E-state index in [0.717, 1.165) is 63.7 Å². The van der Waals surface area contributed by atoms with Crippen LogP contribution in [0.5, 0.6) is 5.75 Å².